The summed E-state index contributed by atoms with van der Waals surface area (Å²) in [4.78, 5) is 7.45. The molecular weight excluding hydrogens is 242 g/mol. The summed E-state index contributed by atoms with van der Waals surface area (Å²) >= 11 is 5.01. The number of pyridine rings is 1. The van der Waals surface area contributed by atoms with E-state index in [4.69, 9.17) is 18.0 Å². The standard InChI is InChI=1S/C14H19N3S/c15-14(18)11-5-3-7-13(16-11)17-9-8-10-4-1-2-6-12(10)17/h3,5,7,10,12H,1-2,4,6,8-9H2,(H2,15,18). The molecular formula is C14H19N3S. The fourth-order valence-corrected chi connectivity index (χ4v) is 3.52. The van der Waals surface area contributed by atoms with Crippen molar-refractivity contribution in [1.29, 1.82) is 0 Å². The Labute approximate surface area is 113 Å². The van der Waals surface area contributed by atoms with Crippen molar-refractivity contribution in [2.75, 3.05) is 11.4 Å². The van der Waals surface area contributed by atoms with E-state index < -0.39 is 0 Å². The molecule has 2 atom stereocenters. The lowest BCUT2D eigenvalue weighted by atomic mass is 9.85. The number of rotatable bonds is 2. The van der Waals surface area contributed by atoms with E-state index in [-0.39, 0.29) is 0 Å². The molecule has 0 bridgehead atoms. The number of hydrogen-bond donors (Lipinski definition) is 1. The van der Waals surface area contributed by atoms with E-state index in [1.54, 1.807) is 0 Å². The summed E-state index contributed by atoms with van der Waals surface area (Å²) in [5, 5.41) is 0. The van der Waals surface area contributed by atoms with E-state index in [2.05, 4.69) is 16.0 Å². The molecule has 1 aromatic heterocycles. The van der Waals surface area contributed by atoms with Crippen molar-refractivity contribution in [2.24, 2.45) is 11.7 Å². The molecule has 1 saturated carbocycles. The van der Waals surface area contributed by atoms with Crippen LogP contribution in [0, 0.1) is 5.92 Å². The molecule has 2 unspecified atom stereocenters. The second kappa shape index (κ2) is 4.84. The predicted molar refractivity (Wildman–Crippen MR) is 77.8 cm³/mol. The number of nitrogens with two attached hydrogens (primary N) is 1. The maximum absolute atomic E-state index is 5.66. The van der Waals surface area contributed by atoms with Gasteiger partial charge in [0.2, 0.25) is 0 Å². The Hall–Kier alpha value is -1.16. The van der Waals surface area contributed by atoms with Crippen LogP contribution in [0.15, 0.2) is 18.2 Å². The highest BCUT2D eigenvalue weighted by Gasteiger charge is 2.36. The van der Waals surface area contributed by atoms with Crippen molar-refractivity contribution in [3.8, 4) is 0 Å². The minimum absolute atomic E-state index is 0.385. The Kier molecular flexibility index (Phi) is 3.20. The maximum atomic E-state index is 5.66. The number of hydrogen-bond acceptors (Lipinski definition) is 3. The molecule has 1 aliphatic carbocycles. The Balaban J connectivity index is 1.86. The van der Waals surface area contributed by atoms with Crippen LogP contribution < -0.4 is 10.6 Å². The van der Waals surface area contributed by atoms with Crippen LogP contribution in [0.2, 0.25) is 0 Å². The summed E-state index contributed by atoms with van der Waals surface area (Å²) in [6, 6.07) is 6.67. The van der Waals surface area contributed by atoms with Gasteiger partial charge in [-0.1, -0.05) is 31.1 Å². The topological polar surface area (TPSA) is 42.1 Å². The van der Waals surface area contributed by atoms with Crippen molar-refractivity contribution < 1.29 is 0 Å². The summed E-state index contributed by atoms with van der Waals surface area (Å²) in [7, 11) is 0. The van der Waals surface area contributed by atoms with E-state index in [1.807, 2.05) is 12.1 Å². The summed E-state index contributed by atoms with van der Waals surface area (Å²) < 4.78 is 0. The van der Waals surface area contributed by atoms with E-state index in [9.17, 15) is 0 Å². The average molecular weight is 261 g/mol. The molecule has 2 heterocycles. The number of fused-ring (bicyclic) bond motifs is 1. The molecule has 3 nitrogen and oxygen atoms in total. The lowest BCUT2D eigenvalue weighted by Crippen LogP contribution is -2.35. The first kappa shape index (κ1) is 11.9. The highest BCUT2D eigenvalue weighted by atomic mass is 32.1. The van der Waals surface area contributed by atoms with Crippen molar-refractivity contribution in [1.82, 2.24) is 4.98 Å². The first-order valence-corrected chi connectivity index (χ1v) is 7.20. The first-order valence-electron chi connectivity index (χ1n) is 6.79. The average Bonchev–Trinajstić information content (AvgIpc) is 2.82. The van der Waals surface area contributed by atoms with Gasteiger partial charge in [0.1, 0.15) is 10.8 Å². The number of aromatic nitrogens is 1. The summed E-state index contributed by atoms with van der Waals surface area (Å²) in [6.07, 6.45) is 6.76. The predicted octanol–water partition coefficient (Wildman–Crippen LogP) is 2.48. The van der Waals surface area contributed by atoms with E-state index >= 15 is 0 Å². The van der Waals surface area contributed by atoms with E-state index in [0.29, 0.717) is 11.0 Å². The van der Waals surface area contributed by atoms with Gasteiger partial charge in [0.05, 0.1) is 5.69 Å². The molecule has 0 aromatic carbocycles. The van der Waals surface area contributed by atoms with Crippen LogP contribution in [0.4, 0.5) is 5.82 Å². The van der Waals surface area contributed by atoms with Crippen LogP contribution in [0.5, 0.6) is 0 Å². The van der Waals surface area contributed by atoms with Crippen molar-refractivity contribution in [3.05, 3.63) is 23.9 Å². The highest BCUT2D eigenvalue weighted by Crippen LogP contribution is 2.38. The van der Waals surface area contributed by atoms with Gasteiger partial charge >= 0.3 is 0 Å². The molecule has 3 rings (SSSR count). The summed E-state index contributed by atoms with van der Waals surface area (Å²) in [5.41, 5.74) is 6.40. The van der Waals surface area contributed by atoms with Gasteiger partial charge in [-0.15, -0.1) is 0 Å². The molecule has 96 valence electrons. The third-order valence-corrected chi connectivity index (χ3v) is 4.50. The highest BCUT2D eigenvalue weighted by molar-refractivity contribution is 7.80. The Morgan fingerprint density at radius 2 is 2.11 bits per heavy atom. The fraction of sp³-hybridized carbons (Fsp3) is 0.571. The molecule has 18 heavy (non-hydrogen) atoms. The minimum Gasteiger partial charge on any atom is -0.388 e. The second-order valence-electron chi connectivity index (χ2n) is 5.34. The lowest BCUT2D eigenvalue weighted by Gasteiger charge is -2.32. The monoisotopic (exact) mass is 261 g/mol. The molecule has 0 amide bonds. The van der Waals surface area contributed by atoms with Crippen LogP contribution in [-0.2, 0) is 0 Å². The van der Waals surface area contributed by atoms with E-state index in [0.717, 1.165) is 24.0 Å². The summed E-state index contributed by atoms with van der Waals surface area (Å²) in [5.74, 6) is 1.92. The quantitative estimate of drug-likeness (QED) is 0.831. The Bertz CT molecular complexity index is 460. The van der Waals surface area contributed by atoms with Gasteiger partial charge in [-0.2, -0.15) is 0 Å². The number of thiocarbonyl (C=S) groups is 1. The van der Waals surface area contributed by atoms with Crippen LogP contribution in [0.1, 0.15) is 37.8 Å². The SMILES string of the molecule is NC(=S)c1cccc(N2CCC3CCCCC32)n1. The molecule has 1 aromatic rings. The molecule has 0 spiro atoms. The van der Waals surface area contributed by atoms with Crippen LogP contribution in [0.25, 0.3) is 0 Å². The Morgan fingerprint density at radius 1 is 1.28 bits per heavy atom. The van der Waals surface area contributed by atoms with E-state index in [1.165, 1.54) is 32.1 Å². The lowest BCUT2D eigenvalue weighted by molar-refractivity contribution is 0.341. The molecule has 4 heteroatoms. The molecule has 2 fully saturated rings. The number of nitrogens with zero attached hydrogens (tertiary/aromatic N) is 2. The third kappa shape index (κ3) is 2.09. The normalized spacial score (nSPS) is 27.0. The Morgan fingerprint density at radius 3 is 2.94 bits per heavy atom. The zero-order valence-electron chi connectivity index (χ0n) is 10.5. The van der Waals surface area contributed by atoms with Crippen molar-refractivity contribution in [3.63, 3.8) is 0 Å². The van der Waals surface area contributed by atoms with Gasteiger partial charge in [-0.25, -0.2) is 4.98 Å². The summed E-state index contributed by atoms with van der Waals surface area (Å²) in [6.45, 7) is 1.13. The molecule has 0 radical (unpaired) electrons. The van der Waals surface area contributed by atoms with Crippen LogP contribution >= 0.6 is 12.2 Å². The smallest absolute Gasteiger partial charge is 0.129 e. The van der Waals surface area contributed by atoms with Gasteiger partial charge in [0.15, 0.2) is 0 Å². The minimum atomic E-state index is 0.385. The third-order valence-electron chi connectivity index (χ3n) is 4.29. The van der Waals surface area contributed by atoms with Gasteiger partial charge in [0.25, 0.3) is 0 Å². The molecule has 2 N–H and O–H groups in total. The van der Waals surface area contributed by atoms with Crippen LogP contribution in [-0.4, -0.2) is 22.6 Å². The zero-order valence-corrected chi connectivity index (χ0v) is 11.3. The number of anilines is 1. The van der Waals surface area contributed by atoms with Gasteiger partial charge < -0.3 is 10.6 Å². The molecule has 1 saturated heterocycles. The van der Waals surface area contributed by atoms with Crippen LogP contribution in [0.3, 0.4) is 0 Å². The fourth-order valence-electron chi connectivity index (χ4n) is 3.41. The van der Waals surface area contributed by atoms with Crippen molar-refractivity contribution >= 4 is 23.0 Å². The molecule has 2 aliphatic rings. The van der Waals surface area contributed by atoms with Crippen molar-refractivity contribution in [2.45, 2.75) is 38.1 Å². The largest absolute Gasteiger partial charge is 0.388 e. The van der Waals surface area contributed by atoms with Gasteiger partial charge in [-0.3, -0.25) is 0 Å². The zero-order chi connectivity index (χ0) is 12.5. The maximum Gasteiger partial charge on any atom is 0.129 e. The second-order valence-corrected chi connectivity index (χ2v) is 5.78. The molecule has 1 aliphatic heterocycles. The van der Waals surface area contributed by atoms with Gasteiger partial charge in [-0.05, 0) is 37.3 Å². The van der Waals surface area contributed by atoms with Gasteiger partial charge in [0, 0.05) is 12.6 Å². The first-order chi connectivity index (χ1) is 8.75.